The molecule has 156 valence electrons. The van der Waals surface area contributed by atoms with Crippen LogP contribution in [0.25, 0.3) is 0 Å². The molecule has 2 aliphatic rings. The van der Waals surface area contributed by atoms with E-state index in [1.807, 2.05) is 43.0 Å². The Hall–Kier alpha value is -3.22. The molecular weight excluding hydrogens is 380 g/mol. The maximum absolute atomic E-state index is 13.1. The third kappa shape index (κ3) is 4.35. The number of carbonyl (C=O) groups is 2. The maximum Gasteiger partial charge on any atom is 0.269 e. The van der Waals surface area contributed by atoms with Crippen LogP contribution in [0.4, 0.5) is 0 Å². The Morgan fingerprint density at radius 1 is 1.23 bits per heavy atom. The average Bonchev–Trinajstić information content (AvgIpc) is 3.14. The number of nitrogens with zero attached hydrogens (tertiary/aromatic N) is 3. The molecule has 1 atom stereocenters. The topological polar surface area (TPSA) is 83.9 Å². The monoisotopic (exact) mass is 406 g/mol. The Balaban J connectivity index is 1.38. The third-order valence-electron chi connectivity index (χ3n) is 5.57. The van der Waals surface area contributed by atoms with E-state index in [0.717, 1.165) is 29.5 Å². The molecule has 0 aliphatic carbocycles. The van der Waals surface area contributed by atoms with Crippen molar-refractivity contribution in [1.29, 1.82) is 0 Å². The lowest BCUT2D eigenvalue weighted by Crippen LogP contribution is -2.51. The molecule has 2 aromatic rings. The minimum atomic E-state index is -0.617. The molecule has 7 nitrogen and oxygen atoms in total. The molecule has 3 heterocycles. The van der Waals surface area contributed by atoms with Crippen molar-refractivity contribution in [3.05, 3.63) is 65.0 Å². The summed E-state index contributed by atoms with van der Waals surface area (Å²) < 4.78 is 0. The normalized spacial score (nSPS) is 20.6. The molecule has 0 radical (unpaired) electrons. The number of piperidine rings is 1. The van der Waals surface area contributed by atoms with Crippen molar-refractivity contribution in [1.82, 2.24) is 15.2 Å². The minimum absolute atomic E-state index is 0.000968. The van der Waals surface area contributed by atoms with Gasteiger partial charge in [0.2, 0.25) is 0 Å². The Kier molecular flexibility index (Phi) is 5.53. The first-order chi connectivity index (χ1) is 14.4. The number of likely N-dealkylation sites (tertiary alicyclic amines) is 1. The molecule has 2 amide bonds. The van der Waals surface area contributed by atoms with Crippen molar-refractivity contribution in [3.8, 4) is 0 Å². The number of oxime groups is 1. The molecule has 4 rings (SSSR count). The molecule has 1 N–H and O–H groups in total. The number of carbonyl (C=O) groups excluding carboxylic acids is 2. The van der Waals surface area contributed by atoms with Crippen LogP contribution in [0.5, 0.6) is 0 Å². The zero-order chi connectivity index (χ0) is 21.1. The van der Waals surface area contributed by atoms with Gasteiger partial charge in [0.1, 0.15) is 5.71 Å². The fraction of sp³-hybridized carbons (Fsp3) is 0.391. The SMILES string of the molecule is Cc1cc(C)cc(C(=O)N2CCCC3(CC(C(=O)NCc4cccnc4)=NO3)C2)c1. The fourth-order valence-electron chi connectivity index (χ4n) is 4.20. The first-order valence-corrected chi connectivity index (χ1v) is 10.2. The molecule has 1 aromatic carbocycles. The highest BCUT2D eigenvalue weighted by Crippen LogP contribution is 2.34. The van der Waals surface area contributed by atoms with Crippen molar-refractivity contribution in [2.24, 2.45) is 5.16 Å². The van der Waals surface area contributed by atoms with Gasteiger partial charge in [-0.25, -0.2) is 0 Å². The van der Waals surface area contributed by atoms with Gasteiger partial charge in [-0.1, -0.05) is 28.4 Å². The summed E-state index contributed by atoms with van der Waals surface area (Å²) in [7, 11) is 0. The van der Waals surface area contributed by atoms with Gasteiger partial charge in [0.15, 0.2) is 5.60 Å². The summed E-state index contributed by atoms with van der Waals surface area (Å²) in [4.78, 5) is 37.2. The molecule has 1 saturated heterocycles. The zero-order valence-electron chi connectivity index (χ0n) is 17.4. The van der Waals surface area contributed by atoms with Crippen molar-refractivity contribution in [2.75, 3.05) is 13.1 Å². The molecule has 7 heteroatoms. The van der Waals surface area contributed by atoms with Crippen molar-refractivity contribution in [2.45, 2.75) is 45.3 Å². The number of benzene rings is 1. The summed E-state index contributed by atoms with van der Waals surface area (Å²) in [5.74, 6) is -0.243. The quantitative estimate of drug-likeness (QED) is 0.846. The predicted molar refractivity (Wildman–Crippen MR) is 113 cm³/mol. The van der Waals surface area contributed by atoms with Gasteiger partial charge in [-0.3, -0.25) is 14.6 Å². The summed E-state index contributed by atoms with van der Waals surface area (Å²) >= 11 is 0. The van der Waals surface area contributed by atoms with Crippen LogP contribution in [-0.2, 0) is 16.2 Å². The van der Waals surface area contributed by atoms with Crippen LogP contribution >= 0.6 is 0 Å². The van der Waals surface area contributed by atoms with Crippen LogP contribution in [0, 0.1) is 13.8 Å². The lowest BCUT2D eigenvalue weighted by Gasteiger charge is -2.38. The van der Waals surface area contributed by atoms with Crippen LogP contribution in [0.3, 0.4) is 0 Å². The molecule has 30 heavy (non-hydrogen) atoms. The number of hydrogen-bond donors (Lipinski definition) is 1. The van der Waals surface area contributed by atoms with E-state index in [1.54, 1.807) is 12.4 Å². The second-order valence-electron chi connectivity index (χ2n) is 8.24. The van der Waals surface area contributed by atoms with E-state index < -0.39 is 5.60 Å². The predicted octanol–water partition coefficient (Wildman–Crippen LogP) is 2.77. The molecule has 2 aliphatic heterocycles. The minimum Gasteiger partial charge on any atom is -0.386 e. The Bertz CT molecular complexity index is 969. The molecule has 0 saturated carbocycles. The summed E-state index contributed by atoms with van der Waals surface area (Å²) in [5, 5.41) is 6.94. The molecule has 1 unspecified atom stereocenters. The molecule has 1 spiro atoms. The lowest BCUT2D eigenvalue weighted by atomic mass is 9.87. The van der Waals surface area contributed by atoms with E-state index in [0.29, 0.717) is 37.3 Å². The molecule has 0 bridgehead atoms. The summed E-state index contributed by atoms with van der Waals surface area (Å²) in [5.41, 5.74) is 3.50. The van der Waals surface area contributed by atoms with E-state index in [1.165, 1.54) is 0 Å². The number of hydrogen-bond acceptors (Lipinski definition) is 5. The van der Waals surface area contributed by atoms with Gasteiger partial charge in [0.25, 0.3) is 11.8 Å². The van der Waals surface area contributed by atoms with Crippen LogP contribution in [-0.4, -0.2) is 46.1 Å². The van der Waals surface area contributed by atoms with Crippen molar-refractivity contribution in [3.63, 3.8) is 0 Å². The first-order valence-electron chi connectivity index (χ1n) is 10.2. The van der Waals surface area contributed by atoms with E-state index in [-0.39, 0.29) is 11.8 Å². The van der Waals surface area contributed by atoms with Gasteiger partial charge in [-0.15, -0.1) is 0 Å². The highest BCUT2D eigenvalue weighted by molar-refractivity contribution is 6.39. The van der Waals surface area contributed by atoms with E-state index in [9.17, 15) is 9.59 Å². The maximum atomic E-state index is 13.1. The van der Waals surface area contributed by atoms with Crippen LogP contribution < -0.4 is 5.32 Å². The Morgan fingerprint density at radius 3 is 2.77 bits per heavy atom. The van der Waals surface area contributed by atoms with Crippen LogP contribution in [0.1, 0.15) is 46.3 Å². The second kappa shape index (κ2) is 8.26. The summed E-state index contributed by atoms with van der Waals surface area (Å²) in [6.07, 6.45) is 5.40. The summed E-state index contributed by atoms with van der Waals surface area (Å²) in [6, 6.07) is 9.62. The first kappa shape index (κ1) is 20.1. The molecular formula is C23H26N4O3. The van der Waals surface area contributed by atoms with Crippen LogP contribution in [0.2, 0.25) is 0 Å². The van der Waals surface area contributed by atoms with Gasteiger partial charge < -0.3 is 15.1 Å². The number of nitrogens with one attached hydrogen (secondary N) is 1. The Morgan fingerprint density at radius 2 is 2.03 bits per heavy atom. The highest BCUT2D eigenvalue weighted by Gasteiger charge is 2.45. The third-order valence-corrected chi connectivity index (χ3v) is 5.57. The van der Waals surface area contributed by atoms with Crippen molar-refractivity contribution < 1.29 is 14.4 Å². The summed E-state index contributed by atoms with van der Waals surface area (Å²) in [6.45, 7) is 5.48. The van der Waals surface area contributed by atoms with E-state index >= 15 is 0 Å². The largest absolute Gasteiger partial charge is 0.386 e. The molecule has 1 fully saturated rings. The number of amides is 2. The second-order valence-corrected chi connectivity index (χ2v) is 8.24. The van der Waals surface area contributed by atoms with Crippen LogP contribution in [0.15, 0.2) is 47.9 Å². The zero-order valence-corrected chi connectivity index (χ0v) is 17.4. The van der Waals surface area contributed by atoms with Gasteiger partial charge in [0, 0.05) is 37.5 Å². The smallest absolute Gasteiger partial charge is 0.269 e. The van der Waals surface area contributed by atoms with E-state index in [4.69, 9.17) is 4.84 Å². The van der Waals surface area contributed by atoms with Gasteiger partial charge in [-0.05, 0) is 50.5 Å². The number of aromatic nitrogens is 1. The average molecular weight is 406 g/mol. The fourth-order valence-corrected chi connectivity index (χ4v) is 4.20. The van der Waals surface area contributed by atoms with Crippen molar-refractivity contribution >= 4 is 17.5 Å². The van der Waals surface area contributed by atoms with Gasteiger partial charge in [-0.2, -0.15) is 0 Å². The number of rotatable bonds is 4. The lowest BCUT2D eigenvalue weighted by molar-refractivity contribution is -0.115. The molecule has 1 aromatic heterocycles. The standard InChI is InChI=1S/C23H26N4O3/c1-16-9-17(2)11-19(10-16)22(29)27-8-4-6-23(15-27)12-20(26-30-23)21(28)25-14-18-5-3-7-24-13-18/h3,5,7,9-11,13H,4,6,8,12,14-15H2,1-2H3,(H,25,28). The highest BCUT2D eigenvalue weighted by atomic mass is 16.7. The van der Waals surface area contributed by atoms with Gasteiger partial charge >= 0.3 is 0 Å². The van der Waals surface area contributed by atoms with E-state index in [2.05, 4.69) is 21.5 Å². The Labute approximate surface area is 176 Å². The number of aryl methyl sites for hydroxylation is 2. The number of pyridine rings is 1. The van der Waals surface area contributed by atoms with Gasteiger partial charge in [0.05, 0.1) is 6.54 Å².